The summed E-state index contributed by atoms with van der Waals surface area (Å²) in [7, 11) is 0. The molecule has 11 heteroatoms. The van der Waals surface area contributed by atoms with Crippen LogP contribution in [0.25, 0.3) is 28.1 Å². The van der Waals surface area contributed by atoms with Crippen LogP contribution in [0.3, 0.4) is 0 Å². The van der Waals surface area contributed by atoms with Gasteiger partial charge in [-0.1, -0.05) is 0 Å². The molecule has 0 aromatic carbocycles. The van der Waals surface area contributed by atoms with Crippen LogP contribution in [0.5, 0.6) is 0 Å². The predicted molar refractivity (Wildman–Crippen MR) is 111 cm³/mol. The lowest BCUT2D eigenvalue weighted by Crippen LogP contribution is -2.55. The van der Waals surface area contributed by atoms with Crippen molar-refractivity contribution in [3.05, 3.63) is 48.4 Å². The Bertz CT molecular complexity index is 1410. The molecule has 4 aromatic heterocycles. The van der Waals surface area contributed by atoms with Gasteiger partial charge in [-0.2, -0.15) is 5.26 Å². The first-order valence-corrected chi connectivity index (χ1v) is 9.90. The van der Waals surface area contributed by atoms with Crippen molar-refractivity contribution in [2.45, 2.75) is 13.0 Å². The van der Waals surface area contributed by atoms with E-state index < -0.39 is 17.8 Å². The fourth-order valence-electron chi connectivity index (χ4n) is 3.70. The number of fused-ring (bicyclic) bond motifs is 2. The second kappa shape index (κ2) is 7.42. The molecule has 0 bridgehead atoms. The van der Waals surface area contributed by atoms with E-state index in [1.165, 1.54) is 31.0 Å². The zero-order valence-corrected chi connectivity index (χ0v) is 16.9. The smallest absolute Gasteiger partial charge is 0.255 e. The van der Waals surface area contributed by atoms with Gasteiger partial charge in [0.2, 0.25) is 5.91 Å². The number of pyridine rings is 1. The number of imidazole rings is 1. The number of H-pyrrole nitrogens is 1. The first-order valence-electron chi connectivity index (χ1n) is 9.90. The van der Waals surface area contributed by atoms with Crippen LogP contribution < -0.4 is 5.32 Å². The molecule has 2 N–H and O–H groups in total. The summed E-state index contributed by atoms with van der Waals surface area (Å²) >= 11 is 0. The molecule has 1 saturated heterocycles. The van der Waals surface area contributed by atoms with Gasteiger partial charge in [-0.25, -0.2) is 19.3 Å². The van der Waals surface area contributed by atoms with E-state index in [9.17, 15) is 14.0 Å². The number of amides is 2. The molecule has 160 valence electrons. The van der Waals surface area contributed by atoms with Crippen molar-refractivity contribution >= 4 is 28.5 Å². The highest BCUT2D eigenvalue weighted by molar-refractivity contribution is 6.06. The predicted octanol–water partition coefficient (Wildman–Crippen LogP) is 1.51. The van der Waals surface area contributed by atoms with Gasteiger partial charge >= 0.3 is 0 Å². The highest BCUT2D eigenvalue weighted by Crippen LogP contribution is 2.24. The van der Waals surface area contributed by atoms with Crippen molar-refractivity contribution in [3.8, 4) is 17.5 Å². The summed E-state index contributed by atoms with van der Waals surface area (Å²) in [5.74, 6) is -1.26. The third-order valence-corrected chi connectivity index (χ3v) is 5.46. The molecule has 1 aliphatic rings. The standard InChI is InChI=1S/C21H17FN8O2/c1-11(21(32)29-7-12(4-23)8-29)27-20(31)14-5-24-19-17(14)28-15(6-25-19)18-16-3-2-13(22)9-30(16)10-26-18/h2-3,5-6,9-12H,7-8H2,1H3,(H,24,25)(H,27,31)/t11-/m1/s1. The molecule has 0 radical (unpaired) electrons. The number of rotatable bonds is 4. The Balaban J connectivity index is 1.40. The molecule has 10 nitrogen and oxygen atoms in total. The van der Waals surface area contributed by atoms with Gasteiger partial charge in [0.05, 0.1) is 29.3 Å². The molecular formula is C21H17FN8O2. The molecule has 5 heterocycles. The van der Waals surface area contributed by atoms with E-state index in [1.54, 1.807) is 22.3 Å². The Labute approximate surface area is 180 Å². The Morgan fingerprint density at radius 3 is 2.94 bits per heavy atom. The topological polar surface area (TPSA) is 132 Å². The molecule has 32 heavy (non-hydrogen) atoms. The molecule has 0 saturated carbocycles. The van der Waals surface area contributed by atoms with E-state index >= 15 is 0 Å². The van der Waals surface area contributed by atoms with Crippen molar-refractivity contribution in [2.75, 3.05) is 13.1 Å². The second-order valence-electron chi connectivity index (χ2n) is 7.65. The quantitative estimate of drug-likeness (QED) is 0.502. The van der Waals surface area contributed by atoms with Gasteiger partial charge in [0.15, 0.2) is 5.65 Å². The minimum absolute atomic E-state index is 0.153. The van der Waals surface area contributed by atoms with Crippen LogP contribution in [0.1, 0.15) is 17.3 Å². The summed E-state index contributed by atoms with van der Waals surface area (Å²) in [5, 5.41) is 11.5. The van der Waals surface area contributed by atoms with Gasteiger partial charge in [0.1, 0.15) is 35.1 Å². The lowest BCUT2D eigenvalue weighted by atomic mass is 10.0. The lowest BCUT2D eigenvalue weighted by Gasteiger charge is -2.37. The van der Waals surface area contributed by atoms with E-state index in [0.717, 1.165) is 0 Å². The number of nitrogens with zero attached hydrogens (tertiary/aromatic N) is 6. The number of hydrogen-bond acceptors (Lipinski definition) is 6. The molecule has 1 atom stereocenters. The fourth-order valence-corrected chi connectivity index (χ4v) is 3.70. The van der Waals surface area contributed by atoms with Gasteiger partial charge < -0.3 is 19.6 Å². The van der Waals surface area contributed by atoms with Crippen LogP contribution in [0.2, 0.25) is 0 Å². The van der Waals surface area contributed by atoms with Crippen LogP contribution in [0.15, 0.2) is 37.1 Å². The number of carbonyl (C=O) groups is 2. The molecular weight excluding hydrogens is 415 g/mol. The maximum Gasteiger partial charge on any atom is 0.255 e. The summed E-state index contributed by atoms with van der Waals surface area (Å²) in [6, 6.07) is 4.28. The Hall–Kier alpha value is -4.33. The molecule has 4 aromatic rings. The van der Waals surface area contributed by atoms with Crippen LogP contribution >= 0.6 is 0 Å². The van der Waals surface area contributed by atoms with E-state index in [1.807, 2.05) is 0 Å². The van der Waals surface area contributed by atoms with Crippen molar-refractivity contribution in [1.29, 1.82) is 5.26 Å². The van der Waals surface area contributed by atoms with Crippen LogP contribution in [-0.4, -0.2) is 60.2 Å². The number of aromatic nitrogens is 5. The Kier molecular flexibility index (Phi) is 4.55. The SMILES string of the molecule is C[C@@H](NC(=O)c1c[nH]c2ncc(-c3ncn4cc(F)ccc34)nc12)C(=O)N1CC(C#N)C1. The molecule has 5 rings (SSSR count). The first kappa shape index (κ1) is 19.6. The van der Waals surface area contributed by atoms with E-state index in [2.05, 4.69) is 31.3 Å². The van der Waals surface area contributed by atoms with Crippen molar-refractivity contribution in [3.63, 3.8) is 0 Å². The molecule has 1 fully saturated rings. The Morgan fingerprint density at radius 2 is 2.16 bits per heavy atom. The van der Waals surface area contributed by atoms with Gasteiger partial charge in [-0.3, -0.25) is 9.59 Å². The largest absolute Gasteiger partial charge is 0.344 e. The fraction of sp³-hybridized carbons (Fsp3) is 0.238. The summed E-state index contributed by atoms with van der Waals surface area (Å²) in [4.78, 5) is 42.9. The number of carbonyl (C=O) groups excluding carboxylic acids is 2. The lowest BCUT2D eigenvalue weighted by molar-refractivity contribution is -0.137. The van der Waals surface area contributed by atoms with Gasteiger partial charge in [-0.05, 0) is 19.1 Å². The minimum atomic E-state index is -0.754. The van der Waals surface area contributed by atoms with Gasteiger partial charge in [0.25, 0.3) is 5.91 Å². The average molecular weight is 432 g/mol. The van der Waals surface area contributed by atoms with Crippen molar-refractivity contribution in [2.24, 2.45) is 5.92 Å². The number of likely N-dealkylation sites (tertiary alicyclic amines) is 1. The normalized spacial score (nSPS) is 14.8. The third kappa shape index (κ3) is 3.22. The summed E-state index contributed by atoms with van der Waals surface area (Å²) in [6.07, 6.45) is 5.79. The second-order valence-corrected chi connectivity index (χ2v) is 7.65. The third-order valence-electron chi connectivity index (χ3n) is 5.46. The van der Waals surface area contributed by atoms with Crippen LogP contribution in [-0.2, 0) is 4.79 Å². The summed E-state index contributed by atoms with van der Waals surface area (Å²) in [5.41, 5.74) is 2.55. The zero-order chi connectivity index (χ0) is 22.4. The average Bonchev–Trinajstić information content (AvgIpc) is 3.35. The van der Waals surface area contributed by atoms with Crippen molar-refractivity contribution in [1.82, 2.24) is 34.6 Å². The number of hydrogen-bond donors (Lipinski definition) is 2. The summed E-state index contributed by atoms with van der Waals surface area (Å²) < 4.78 is 15.0. The maximum absolute atomic E-state index is 13.5. The molecule has 0 aliphatic carbocycles. The minimum Gasteiger partial charge on any atom is -0.344 e. The molecule has 1 aliphatic heterocycles. The highest BCUT2D eigenvalue weighted by atomic mass is 19.1. The van der Waals surface area contributed by atoms with Crippen LogP contribution in [0.4, 0.5) is 4.39 Å². The molecule has 2 amide bonds. The monoisotopic (exact) mass is 432 g/mol. The number of nitriles is 1. The number of nitrogens with one attached hydrogen (secondary N) is 2. The van der Waals surface area contributed by atoms with E-state index in [4.69, 9.17) is 5.26 Å². The zero-order valence-electron chi connectivity index (χ0n) is 16.9. The van der Waals surface area contributed by atoms with Crippen molar-refractivity contribution < 1.29 is 14.0 Å². The molecule has 0 spiro atoms. The van der Waals surface area contributed by atoms with E-state index in [-0.39, 0.29) is 17.4 Å². The summed E-state index contributed by atoms with van der Waals surface area (Å²) in [6.45, 7) is 2.35. The first-order chi connectivity index (χ1) is 15.4. The number of halogens is 1. The van der Waals surface area contributed by atoms with Gasteiger partial charge in [-0.15, -0.1) is 0 Å². The Morgan fingerprint density at radius 1 is 1.34 bits per heavy atom. The maximum atomic E-state index is 13.5. The molecule has 0 unspecified atom stereocenters. The van der Waals surface area contributed by atoms with E-state index in [0.29, 0.717) is 41.2 Å². The van der Waals surface area contributed by atoms with Gasteiger partial charge in [0, 0.05) is 25.5 Å². The van der Waals surface area contributed by atoms with Crippen LogP contribution in [0, 0.1) is 23.1 Å². The number of aromatic amines is 1. The highest BCUT2D eigenvalue weighted by Gasteiger charge is 2.33.